The third-order valence-corrected chi connectivity index (χ3v) is 3.75. The van der Waals surface area contributed by atoms with Gasteiger partial charge in [-0.05, 0) is 31.0 Å². The highest BCUT2D eigenvalue weighted by atomic mass is 35.5. The van der Waals surface area contributed by atoms with E-state index in [0.29, 0.717) is 23.1 Å². The molecule has 0 aliphatic rings. The molecule has 0 spiro atoms. The topological polar surface area (TPSA) is 44.2 Å². The number of benzene rings is 1. The third kappa shape index (κ3) is 3.45. The van der Waals surface area contributed by atoms with Crippen molar-refractivity contribution < 1.29 is 9.47 Å². The van der Waals surface area contributed by atoms with Crippen molar-refractivity contribution in [2.75, 3.05) is 14.2 Å². The van der Waals surface area contributed by atoms with Gasteiger partial charge in [0.2, 0.25) is 0 Å². The molecule has 1 heterocycles. The molecule has 4 nitrogen and oxygen atoms in total. The fourth-order valence-corrected chi connectivity index (χ4v) is 2.38. The van der Waals surface area contributed by atoms with Crippen molar-refractivity contribution in [2.24, 2.45) is 0 Å². The summed E-state index contributed by atoms with van der Waals surface area (Å²) in [6.45, 7) is 4.01. The molecule has 1 aromatic carbocycles. The first-order valence-corrected chi connectivity index (χ1v) is 7.19. The minimum absolute atomic E-state index is 0.525. The zero-order chi connectivity index (χ0) is 15.4. The Kier molecular flexibility index (Phi) is 5.02. The maximum atomic E-state index is 6.17. The van der Waals surface area contributed by atoms with E-state index in [1.165, 1.54) is 0 Å². The average molecular weight is 307 g/mol. The molecule has 0 atom stereocenters. The van der Waals surface area contributed by atoms with Crippen LogP contribution in [0.4, 0.5) is 0 Å². The fraction of sp³-hybridized carbons (Fsp3) is 0.375. The number of methoxy groups -OCH3 is 2. The molecule has 0 aliphatic heterocycles. The highest BCUT2D eigenvalue weighted by Gasteiger charge is 2.10. The van der Waals surface area contributed by atoms with Gasteiger partial charge in [0.25, 0.3) is 0 Å². The Morgan fingerprint density at radius 1 is 1.10 bits per heavy atom. The number of hydrogen-bond acceptors (Lipinski definition) is 4. The zero-order valence-electron chi connectivity index (χ0n) is 12.7. The number of nitrogens with zero attached hydrogens (tertiary/aromatic N) is 2. The van der Waals surface area contributed by atoms with Gasteiger partial charge < -0.3 is 9.47 Å². The molecule has 0 amide bonds. The van der Waals surface area contributed by atoms with Crippen LogP contribution in [0.3, 0.4) is 0 Å². The molecule has 0 aliphatic carbocycles. The molecular weight excluding hydrogens is 288 g/mol. The lowest BCUT2D eigenvalue weighted by Crippen LogP contribution is -2.04. The van der Waals surface area contributed by atoms with E-state index >= 15 is 0 Å². The molecule has 2 aromatic rings. The quantitative estimate of drug-likeness (QED) is 0.792. The predicted octanol–water partition coefficient (Wildman–Crippen LogP) is 3.61. The normalized spacial score (nSPS) is 10.5. The van der Waals surface area contributed by atoms with Crippen molar-refractivity contribution >= 4 is 11.6 Å². The van der Waals surface area contributed by atoms with Crippen LogP contribution < -0.4 is 9.47 Å². The minimum Gasteiger partial charge on any atom is -0.493 e. The number of ether oxygens (including phenoxy) is 2. The van der Waals surface area contributed by atoms with Crippen LogP contribution in [0.25, 0.3) is 0 Å². The van der Waals surface area contributed by atoms with Gasteiger partial charge in [-0.25, -0.2) is 9.97 Å². The highest BCUT2D eigenvalue weighted by Crippen LogP contribution is 2.28. The van der Waals surface area contributed by atoms with Crippen LogP contribution in [-0.4, -0.2) is 24.2 Å². The number of hydrogen-bond donors (Lipinski definition) is 0. The Hall–Kier alpha value is -1.81. The molecule has 0 N–H and O–H groups in total. The van der Waals surface area contributed by atoms with Gasteiger partial charge in [0.05, 0.1) is 14.2 Å². The van der Waals surface area contributed by atoms with E-state index in [9.17, 15) is 0 Å². The van der Waals surface area contributed by atoms with Crippen molar-refractivity contribution in [3.05, 3.63) is 46.0 Å². The van der Waals surface area contributed by atoms with Gasteiger partial charge in [-0.15, -0.1) is 0 Å². The van der Waals surface area contributed by atoms with Crippen molar-refractivity contribution in [2.45, 2.75) is 26.7 Å². The van der Waals surface area contributed by atoms with Crippen molar-refractivity contribution in [1.82, 2.24) is 9.97 Å². The van der Waals surface area contributed by atoms with Gasteiger partial charge in [0.1, 0.15) is 11.0 Å². The number of halogens is 1. The maximum absolute atomic E-state index is 6.17. The third-order valence-electron chi connectivity index (χ3n) is 3.38. The van der Waals surface area contributed by atoms with Gasteiger partial charge in [0.15, 0.2) is 11.5 Å². The molecule has 0 fully saturated rings. The molecule has 0 bridgehead atoms. The summed E-state index contributed by atoms with van der Waals surface area (Å²) in [6, 6.07) is 5.79. The molecule has 1 aromatic heterocycles. The number of rotatable bonds is 5. The smallest absolute Gasteiger partial charge is 0.161 e. The van der Waals surface area contributed by atoms with Gasteiger partial charge in [0, 0.05) is 17.7 Å². The maximum Gasteiger partial charge on any atom is 0.161 e. The van der Waals surface area contributed by atoms with Crippen molar-refractivity contribution in [3.63, 3.8) is 0 Å². The van der Waals surface area contributed by atoms with Gasteiger partial charge >= 0.3 is 0 Å². The SMILES string of the molecule is CCc1nc(Cc2ccc(OC)c(OC)c2)nc(Cl)c1C. The van der Waals surface area contributed by atoms with Gasteiger partial charge in [-0.2, -0.15) is 0 Å². The first-order chi connectivity index (χ1) is 10.1. The van der Waals surface area contributed by atoms with Gasteiger partial charge in [-0.1, -0.05) is 24.6 Å². The minimum atomic E-state index is 0.525. The number of aromatic nitrogens is 2. The summed E-state index contributed by atoms with van der Waals surface area (Å²) in [7, 11) is 3.24. The second-order valence-corrected chi connectivity index (χ2v) is 5.08. The van der Waals surface area contributed by atoms with E-state index in [1.807, 2.05) is 25.1 Å². The standard InChI is InChI=1S/C16H19ClN2O2/c1-5-12-10(2)16(17)19-15(18-12)9-11-6-7-13(20-3)14(8-11)21-4/h6-8H,5,9H2,1-4H3. The Labute approximate surface area is 130 Å². The molecule has 5 heteroatoms. The average Bonchev–Trinajstić information content (AvgIpc) is 2.50. The van der Waals surface area contributed by atoms with Crippen LogP contribution >= 0.6 is 11.6 Å². The predicted molar refractivity (Wildman–Crippen MR) is 83.5 cm³/mol. The molecule has 0 saturated heterocycles. The molecular formula is C16H19ClN2O2. The molecule has 21 heavy (non-hydrogen) atoms. The lowest BCUT2D eigenvalue weighted by Gasteiger charge is -2.10. The molecule has 112 valence electrons. The number of aryl methyl sites for hydroxylation is 1. The summed E-state index contributed by atoms with van der Waals surface area (Å²) < 4.78 is 10.5. The van der Waals surface area contributed by atoms with Crippen molar-refractivity contribution in [1.29, 1.82) is 0 Å². The van der Waals surface area contributed by atoms with E-state index < -0.39 is 0 Å². The first-order valence-electron chi connectivity index (χ1n) is 6.81. The zero-order valence-corrected chi connectivity index (χ0v) is 13.5. The molecule has 0 unspecified atom stereocenters. The summed E-state index contributed by atoms with van der Waals surface area (Å²) in [5.74, 6) is 2.12. The van der Waals surface area contributed by atoms with Crippen LogP contribution in [0.1, 0.15) is 29.6 Å². The molecule has 0 radical (unpaired) electrons. The Morgan fingerprint density at radius 2 is 1.81 bits per heavy atom. The van der Waals surface area contributed by atoms with Crippen LogP contribution in [0, 0.1) is 6.92 Å². The summed E-state index contributed by atoms with van der Waals surface area (Å²) in [5, 5.41) is 0.525. The second-order valence-electron chi connectivity index (χ2n) is 4.72. The van der Waals surface area contributed by atoms with E-state index in [1.54, 1.807) is 14.2 Å². The first kappa shape index (κ1) is 15.6. The van der Waals surface area contributed by atoms with Crippen LogP contribution in [0.15, 0.2) is 18.2 Å². The van der Waals surface area contributed by atoms with Crippen LogP contribution in [0.2, 0.25) is 5.15 Å². The van der Waals surface area contributed by atoms with Crippen molar-refractivity contribution in [3.8, 4) is 11.5 Å². The second kappa shape index (κ2) is 6.76. The Bertz CT molecular complexity index is 644. The lowest BCUT2D eigenvalue weighted by atomic mass is 10.1. The van der Waals surface area contributed by atoms with E-state index in [2.05, 4.69) is 16.9 Å². The Balaban J connectivity index is 2.32. The molecule has 0 saturated carbocycles. The summed E-state index contributed by atoms with van der Waals surface area (Å²) in [6.07, 6.45) is 1.44. The highest BCUT2D eigenvalue weighted by molar-refractivity contribution is 6.30. The summed E-state index contributed by atoms with van der Waals surface area (Å²) in [5.41, 5.74) is 3.00. The van der Waals surface area contributed by atoms with E-state index in [-0.39, 0.29) is 0 Å². The van der Waals surface area contributed by atoms with E-state index in [4.69, 9.17) is 21.1 Å². The fourth-order valence-electron chi connectivity index (χ4n) is 2.18. The van der Waals surface area contributed by atoms with Crippen LogP contribution in [0.5, 0.6) is 11.5 Å². The summed E-state index contributed by atoms with van der Waals surface area (Å²) in [4.78, 5) is 8.93. The van der Waals surface area contributed by atoms with Crippen LogP contribution in [-0.2, 0) is 12.8 Å². The Morgan fingerprint density at radius 3 is 2.43 bits per heavy atom. The van der Waals surface area contributed by atoms with Gasteiger partial charge in [-0.3, -0.25) is 0 Å². The monoisotopic (exact) mass is 306 g/mol. The molecule has 2 rings (SSSR count). The largest absolute Gasteiger partial charge is 0.493 e. The summed E-state index contributed by atoms with van der Waals surface area (Å²) >= 11 is 6.17. The van der Waals surface area contributed by atoms with E-state index in [0.717, 1.165) is 29.1 Å². The lowest BCUT2D eigenvalue weighted by molar-refractivity contribution is 0.354.